The van der Waals surface area contributed by atoms with Crippen LogP contribution in [0.1, 0.15) is 97.3 Å². The maximum atomic E-state index is 12.0. The summed E-state index contributed by atoms with van der Waals surface area (Å²) in [5.74, 6) is 0.911. The molecule has 0 spiro atoms. The fourth-order valence-corrected chi connectivity index (χ4v) is 3.82. The fraction of sp³-hybridized carbons (Fsp3) is 0.900. The molecule has 5 heteroatoms. The summed E-state index contributed by atoms with van der Waals surface area (Å²) in [6.45, 7) is 4.39. The third-order valence-corrected chi connectivity index (χ3v) is 5.47. The Labute approximate surface area is 158 Å². The summed E-state index contributed by atoms with van der Waals surface area (Å²) in [7, 11) is 0. The minimum atomic E-state index is -0.839. The van der Waals surface area contributed by atoms with Crippen LogP contribution in [0.5, 0.6) is 0 Å². The minimum absolute atomic E-state index is 0.00270. The molecule has 1 amide bonds. The molecule has 0 saturated heterocycles. The molecule has 1 atom stereocenters. The topological polar surface area (TPSA) is 66.4 Å². The van der Waals surface area contributed by atoms with Crippen LogP contribution >= 0.6 is 11.8 Å². The molecular weight excluding hydrogens is 334 g/mol. The molecule has 0 radical (unpaired) electrons. The quantitative estimate of drug-likeness (QED) is 0.316. The van der Waals surface area contributed by atoms with Crippen molar-refractivity contribution in [2.75, 3.05) is 11.5 Å². The molecule has 0 aromatic carbocycles. The lowest BCUT2D eigenvalue weighted by atomic mass is 10.1. The molecule has 0 fully saturated rings. The van der Waals surface area contributed by atoms with Crippen molar-refractivity contribution in [2.24, 2.45) is 0 Å². The molecule has 25 heavy (non-hydrogen) atoms. The van der Waals surface area contributed by atoms with Gasteiger partial charge in [-0.25, -0.2) is 0 Å². The largest absolute Gasteiger partial charge is 0.481 e. The number of carboxylic acid groups (broad SMARTS) is 1. The Morgan fingerprint density at radius 3 is 2.04 bits per heavy atom. The molecule has 1 unspecified atom stereocenters. The van der Waals surface area contributed by atoms with Crippen LogP contribution in [-0.4, -0.2) is 34.5 Å². The van der Waals surface area contributed by atoms with Crippen LogP contribution in [0, 0.1) is 0 Å². The standard InChI is InChI=1S/C20H39NO3S/c1-3-5-7-9-11-13-15-25-17-18(16-20(23)24)21-19(22)14-12-10-8-6-4-2/h18H,3-17H2,1-2H3,(H,21,22)(H,23,24). The lowest BCUT2D eigenvalue weighted by Gasteiger charge is -2.16. The normalized spacial score (nSPS) is 12.1. The first-order valence-corrected chi connectivity index (χ1v) is 11.3. The Balaban J connectivity index is 3.84. The van der Waals surface area contributed by atoms with Gasteiger partial charge in [-0.2, -0.15) is 11.8 Å². The maximum absolute atomic E-state index is 12.0. The summed E-state index contributed by atoms with van der Waals surface area (Å²) < 4.78 is 0. The third-order valence-electron chi connectivity index (χ3n) is 4.25. The van der Waals surface area contributed by atoms with E-state index in [2.05, 4.69) is 19.2 Å². The predicted molar refractivity (Wildman–Crippen MR) is 108 cm³/mol. The van der Waals surface area contributed by atoms with Crippen LogP contribution in [0.3, 0.4) is 0 Å². The van der Waals surface area contributed by atoms with Gasteiger partial charge in [-0.15, -0.1) is 0 Å². The molecule has 0 aliphatic heterocycles. The highest BCUT2D eigenvalue weighted by atomic mass is 32.2. The second-order valence-electron chi connectivity index (χ2n) is 6.87. The van der Waals surface area contributed by atoms with Gasteiger partial charge in [0, 0.05) is 18.2 Å². The average molecular weight is 374 g/mol. The lowest BCUT2D eigenvalue weighted by Crippen LogP contribution is -2.38. The van der Waals surface area contributed by atoms with Crippen LogP contribution in [0.15, 0.2) is 0 Å². The van der Waals surface area contributed by atoms with Crippen molar-refractivity contribution in [3.05, 3.63) is 0 Å². The van der Waals surface area contributed by atoms with Crippen LogP contribution in [-0.2, 0) is 9.59 Å². The molecule has 4 nitrogen and oxygen atoms in total. The molecule has 0 bridgehead atoms. The van der Waals surface area contributed by atoms with Gasteiger partial charge in [-0.1, -0.05) is 71.6 Å². The summed E-state index contributed by atoms with van der Waals surface area (Å²) in [5, 5.41) is 12.0. The molecule has 148 valence electrons. The smallest absolute Gasteiger partial charge is 0.305 e. The van der Waals surface area contributed by atoms with Crippen molar-refractivity contribution >= 4 is 23.6 Å². The van der Waals surface area contributed by atoms with Gasteiger partial charge in [0.2, 0.25) is 5.91 Å². The van der Waals surface area contributed by atoms with Crippen molar-refractivity contribution in [3.8, 4) is 0 Å². The number of carbonyl (C=O) groups is 2. The van der Waals surface area contributed by atoms with E-state index in [0.717, 1.165) is 18.6 Å². The van der Waals surface area contributed by atoms with Gasteiger partial charge in [0.1, 0.15) is 0 Å². The van der Waals surface area contributed by atoms with Crippen molar-refractivity contribution < 1.29 is 14.7 Å². The Morgan fingerprint density at radius 1 is 0.880 bits per heavy atom. The molecule has 0 aromatic heterocycles. The van der Waals surface area contributed by atoms with E-state index in [1.807, 2.05) is 0 Å². The highest BCUT2D eigenvalue weighted by Gasteiger charge is 2.15. The summed E-state index contributed by atoms with van der Waals surface area (Å²) in [6.07, 6.45) is 13.7. The number of amides is 1. The van der Waals surface area contributed by atoms with E-state index in [1.54, 1.807) is 11.8 Å². The number of hydrogen-bond acceptors (Lipinski definition) is 3. The number of aliphatic carboxylic acids is 1. The van der Waals surface area contributed by atoms with Crippen molar-refractivity contribution in [1.82, 2.24) is 5.32 Å². The van der Waals surface area contributed by atoms with Crippen LogP contribution in [0.25, 0.3) is 0 Å². The minimum Gasteiger partial charge on any atom is -0.481 e. The third kappa shape index (κ3) is 17.9. The average Bonchev–Trinajstić information content (AvgIpc) is 2.56. The molecule has 0 heterocycles. The second kappa shape index (κ2) is 18.1. The van der Waals surface area contributed by atoms with Gasteiger partial charge in [-0.05, 0) is 18.6 Å². The molecular formula is C20H39NO3S. The second-order valence-corrected chi connectivity index (χ2v) is 8.02. The number of rotatable bonds is 18. The fourth-order valence-electron chi connectivity index (χ4n) is 2.76. The number of unbranched alkanes of at least 4 members (excludes halogenated alkanes) is 9. The van der Waals surface area contributed by atoms with E-state index in [0.29, 0.717) is 12.2 Å². The zero-order valence-electron chi connectivity index (χ0n) is 16.4. The van der Waals surface area contributed by atoms with Gasteiger partial charge < -0.3 is 10.4 Å². The van der Waals surface area contributed by atoms with Gasteiger partial charge >= 0.3 is 5.97 Å². The molecule has 0 aliphatic carbocycles. The predicted octanol–water partition coefficient (Wildman–Crippen LogP) is 5.40. The van der Waals surface area contributed by atoms with E-state index < -0.39 is 5.97 Å². The first kappa shape index (κ1) is 24.3. The van der Waals surface area contributed by atoms with E-state index in [9.17, 15) is 9.59 Å². The molecule has 2 N–H and O–H groups in total. The number of carboxylic acids is 1. The summed E-state index contributed by atoms with van der Waals surface area (Å²) in [5.41, 5.74) is 0. The van der Waals surface area contributed by atoms with Crippen LogP contribution < -0.4 is 5.32 Å². The summed E-state index contributed by atoms with van der Waals surface area (Å²) in [6, 6.07) is -0.245. The van der Waals surface area contributed by atoms with Crippen molar-refractivity contribution in [1.29, 1.82) is 0 Å². The van der Waals surface area contributed by atoms with Crippen LogP contribution in [0.2, 0.25) is 0 Å². The molecule has 0 rings (SSSR count). The monoisotopic (exact) mass is 373 g/mol. The van der Waals surface area contributed by atoms with Crippen LogP contribution in [0.4, 0.5) is 0 Å². The van der Waals surface area contributed by atoms with E-state index >= 15 is 0 Å². The van der Waals surface area contributed by atoms with Gasteiger partial charge in [0.05, 0.1) is 6.42 Å². The highest BCUT2D eigenvalue weighted by Crippen LogP contribution is 2.12. The number of hydrogen-bond donors (Lipinski definition) is 2. The zero-order valence-corrected chi connectivity index (χ0v) is 17.2. The number of carbonyl (C=O) groups excluding carboxylic acids is 1. The van der Waals surface area contributed by atoms with E-state index in [1.165, 1.54) is 57.8 Å². The van der Waals surface area contributed by atoms with E-state index in [-0.39, 0.29) is 18.4 Å². The molecule has 0 aliphatic rings. The molecule has 0 saturated carbocycles. The van der Waals surface area contributed by atoms with Gasteiger partial charge in [0.15, 0.2) is 0 Å². The number of nitrogens with one attached hydrogen (secondary N) is 1. The van der Waals surface area contributed by atoms with Gasteiger partial charge in [0.25, 0.3) is 0 Å². The summed E-state index contributed by atoms with van der Waals surface area (Å²) >= 11 is 1.77. The maximum Gasteiger partial charge on any atom is 0.305 e. The molecule has 0 aromatic rings. The Hall–Kier alpha value is -0.710. The van der Waals surface area contributed by atoms with Gasteiger partial charge in [-0.3, -0.25) is 9.59 Å². The lowest BCUT2D eigenvalue weighted by molar-refractivity contribution is -0.137. The van der Waals surface area contributed by atoms with Crippen molar-refractivity contribution in [3.63, 3.8) is 0 Å². The SMILES string of the molecule is CCCCCCCCSCC(CC(=O)O)NC(=O)CCCCCCC. The summed E-state index contributed by atoms with van der Waals surface area (Å²) in [4.78, 5) is 23.0. The highest BCUT2D eigenvalue weighted by molar-refractivity contribution is 7.99. The Bertz CT molecular complexity index is 337. The number of thioether (sulfide) groups is 1. The Kier molecular flexibility index (Phi) is 17.6. The van der Waals surface area contributed by atoms with Crippen molar-refractivity contribution in [2.45, 2.75) is 103 Å². The first-order chi connectivity index (χ1) is 12.1. The Morgan fingerprint density at radius 2 is 1.44 bits per heavy atom. The first-order valence-electron chi connectivity index (χ1n) is 10.2. The van der Waals surface area contributed by atoms with E-state index in [4.69, 9.17) is 5.11 Å². The zero-order chi connectivity index (χ0) is 18.8.